The topological polar surface area (TPSA) is 99.1 Å². The lowest BCUT2D eigenvalue weighted by molar-refractivity contribution is -0.121. The maximum atomic E-state index is 11.6. The molecule has 0 spiro atoms. The summed E-state index contributed by atoms with van der Waals surface area (Å²) in [4.78, 5) is 12.1. The lowest BCUT2D eigenvalue weighted by Gasteiger charge is -2.22. The van der Waals surface area contributed by atoms with Crippen LogP contribution >= 0.6 is 11.3 Å². The highest BCUT2D eigenvalue weighted by Crippen LogP contribution is 2.43. The van der Waals surface area contributed by atoms with E-state index in [0.29, 0.717) is 16.0 Å². The molecular weight excluding hydrogens is 298 g/mol. The highest BCUT2D eigenvalue weighted by molar-refractivity contribution is 7.11. The van der Waals surface area contributed by atoms with Crippen LogP contribution in [0, 0.1) is 11.3 Å². The van der Waals surface area contributed by atoms with E-state index in [2.05, 4.69) is 11.4 Å². The molecule has 1 heterocycles. The van der Waals surface area contributed by atoms with Crippen LogP contribution in [0.4, 0.5) is 0 Å². The smallest absolute Gasteiger partial charge is 0.221 e. The molecule has 5 nitrogen and oxygen atoms in total. The van der Waals surface area contributed by atoms with Crippen LogP contribution < -0.4 is 11.1 Å². The lowest BCUT2D eigenvalue weighted by Crippen LogP contribution is -2.38. The minimum Gasteiger partial charge on any atom is -0.506 e. The van der Waals surface area contributed by atoms with E-state index in [0.717, 1.165) is 5.56 Å². The van der Waals surface area contributed by atoms with E-state index in [1.54, 1.807) is 37.6 Å². The largest absolute Gasteiger partial charge is 0.506 e. The van der Waals surface area contributed by atoms with Crippen molar-refractivity contribution >= 4 is 17.2 Å². The molecule has 114 valence electrons. The van der Waals surface area contributed by atoms with Crippen molar-refractivity contribution in [3.05, 3.63) is 40.1 Å². The summed E-state index contributed by atoms with van der Waals surface area (Å²) in [5.74, 6) is -0.125. The van der Waals surface area contributed by atoms with Gasteiger partial charge in [-0.3, -0.25) is 4.79 Å². The number of nitrogens with two attached hydrogens (primary N) is 1. The van der Waals surface area contributed by atoms with Gasteiger partial charge >= 0.3 is 0 Å². The predicted octanol–water partition coefficient (Wildman–Crippen LogP) is 2.30. The Labute approximate surface area is 133 Å². The first kappa shape index (κ1) is 16.0. The summed E-state index contributed by atoms with van der Waals surface area (Å²) in [6.45, 7) is 1.71. The summed E-state index contributed by atoms with van der Waals surface area (Å²) >= 11 is 1.31. The number of amides is 1. The van der Waals surface area contributed by atoms with Crippen LogP contribution in [0.25, 0.3) is 11.1 Å². The highest BCUT2D eigenvalue weighted by Gasteiger charge is 2.30. The second-order valence-electron chi connectivity index (χ2n) is 5.29. The molecule has 2 rings (SSSR count). The van der Waals surface area contributed by atoms with Crippen molar-refractivity contribution in [2.45, 2.75) is 18.9 Å². The molecular formula is C16H17N3O2S. The molecule has 6 heteroatoms. The Hall–Kier alpha value is -2.36. The first-order valence-electron chi connectivity index (χ1n) is 6.70. The quantitative estimate of drug-likeness (QED) is 0.806. The van der Waals surface area contributed by atoms with Gasteiger partial charge in [-0.05, 0) is 24.6 Å². The van der Waals surface area contributed by atoms with Crippen LogP contribution in [0.3, 0.4) is 0 Å². The molecule has 22 heavy (non-hydrogen) atoms. The number of carbonyl (C=O) groups excluding carboxylic acids is 1. The van der Waals surface area contributed by atoms with Crippen LogP contribution in [0.5, 0.6) is 5.75 Å². The van der Waals surface area contributed by atoms with Gasteiger partial charge in [0.15, 0.2) is 0 Å². The van der Waals surface area contributed by atoms with Crippen molar-refractivity contribution < 1.29 is 9.90 Å². The van der Waals surface area contributed by atoms with Crippen LogP contribution in [-0.2, 0) is 10.3 Å². The summed E-state index contributed by atoms with van der Waals surface area (Å²) in [5, 5.41) is 23.8. The molecule has 0 aliphatic carbocycles. The van der Waals surface area contributed by atoms with Crippen molar-refractivity contribution in [2.24, 2.45) is 5.73 Å². The average molecular weight is 315 g/mol. The van der Waals surface area contributed by atoms with E-state index in [4.69, 9.17) is 11.0 Å². The van der Waals surface area contributed by atoms with Gasteiger partial charge in [0.25, 0.3) is 0 Å². The number of hydrogen-bond donors (Lipinski definition) is 3. The molecule has 2 aromatic rings. The maximum absolute atomic E-state index is 11.6. The number of rotatable bonds is 4. The highest BCUT2D eigenvalue weighted by atomic mass is 32.1. The van der Waals surface area contributed by atoms with Gasteiger partial charge < -0.3 is 16.2 Å². The van der Waals surface area contributed by atoms with Gasteiger partial charge in [0.1, 0.15) is 5.75 Å². The minimum atomic E-state index is -0.958. The summed E-state index contributed by atoms with van der Waals surface area (Å²) in [6, 6.07) is 9.06. The van der Waals surface area contributed by atoms with Gasteiger partial charge in [-0.25, -0.2) is 0 Å². The number of nitrogens with zero attached hydrogens (tertiary/aromatic N) is 1. The standard InChI is InChI=1S/C16H17N3O2S/c1-16(18,7-13(20)19-2)15-14(21)12(9-22-15)11-5-3-4-10(6-11)8-17/h3-6,9,21H,7,18H2,1-2H3,(H,19,20)/t16-/m0/s1. The van der Waals surface area contributed by atoms with Crippen LogP contribution in [0.15, 0.2) is 29.6 Å². The number of thiophene rings is 1. The molecule has 0 saturated carbocycles. The monoisotopic (exact) mass is 315 g/mol. The Kier molecular flexibility index (Phi) is 4.50. The van der Waals surface area contributed by atoms with Crippen molar-refractivity contribution in [2.75, 3.05) is 7.05 Å². The molecule has 0 fully saturated rings. The van der Waals surface area contributed by atoms with Crippen LogP contribution in [-0.4, -0.2) is 18.1 Å². The summed E-state index contributed by atoms with van der Waals surface area (Å²) in [6.07, 6.45) is 0.0786. The van der Waals surface area contributed by atoms with Gasteiger partial charge in [-0.15, -0.1) is 11.3 Å². The second kappa shape index (κ2) is 6.18. The van der Waals surface area contributed by atoms with E-state index in [1.807, 2.05) is 6.07 Å². The number of hydrogen-bond acceptors (Lipinski definition) is 5. The van der Waals surface area contributed by atoms with Crippen LogP contribution in [0.2, 0.25) is 0 Å². The average Bonchev–Trinajstić information content (AvgIpc) is 2.89. The number of aromatic hydroxyl groups is 1. The molecule has 1 aromatic carbocycles. The number of benzene rings is 1. The predicted molar refractivity (Wildman–Crippen MR) is 86.4 cm³/mol. The normalized spacial score (nSPS) is 13.2. The third kappa shape index (κ3) is 3.11. The van der Waals surface area contributed by atoms with Gasteiger partial charge in [0.2, 0.25) is 5.91 Å². The van der Waals surface area contributed by atoms with E-state index in [9.17, 15) is 9.90 Å². The van der Waals surface area contributed by atoms with Crippen molar-refractivity contribution in [1.29, 1.82) is 5.26 Å². The van der Waals surface area contributed by atoms with Gasteiger partial charge in [-0.2, -0.15) is 5.26 Å². The fourth-order valence-corrected chi connectivity index (χ4v) is 3.27. The third-order valence-corrected chi connectivity index (χ3v) is 4.64. The Morgan fingerprint density at radius 1 is 1.55 bits per heavy atom. The summed E-state index contributed by atoms with van der Waals surface area (Å²) in [7, 11) is 1.55. The van der Waals surface area contributed by atoms with Crippen LogP contribution in [0.1, 0.15) is 23.8 Å². The molecule has 0 aliphatic heterocycles. The fourth-order valence-electron chi connectivity index (χ4n) is 2.22. The molecule has 1 aromatic heterocycles. The van der Waals surface area contributed by atoms with Crippen molar-refractivity contribution in [3.63, 3.8) is 0 Å². The van der Waals surface area contributed by atoms with E-state index < -0.39 is 5.54 Å². The molecule has 0 saturated heterocycles. The third-order valence-electron chi connectivity index (χ3n) is 3.39. The first-order chi connectivity index (χ1) is 10.4. The molecule has 1 amide bonds. The summed E-state index contributed by atoms with van der Waals surface area (Å²) in [5.41, 5.74) is 7.12. The zero-order valence-electron chi connectivity index (χ0n) is 12.4. The number of nitriles is 1. The van der Waals surface area contributed by atoms with E-state index in [-0.39, 0.29) is 18.1 Å². The molecule has 0 radical (unpaired) electrons. The second-order valence-corrected chi connectivity index (χ2v) is 6.17. The van der Waals surface area contributed by atoms with Gasteiger partial charge in [0, 0.05) is 24.4 Å². The van der Waals surface area contributed by atoms with E-state index >= 15 is 0 Å². The zero-order chi connectivity index (χ0) is 16.3. The lowest BCUT2D eigenvalue weighted by atomic mass is 9.94. The Morgan fingerprint density at radius 2 is 2.27 bits per heavy atom. The minimum absolute atomic E-state index is 0.0639. The Balaban J connectivity index is 2.41. The van der Waals surface area contributed by atoms with Gasteiger partial charge in [-0.1, -0.05) is 12.1 Å². The van der Waals surface area contributed by atoms with E-state index in [1.165, 1.54) is 11.3 Å². The zero-order valence-corrected chi connectivity index (χ0v) is 13.2. The van der Waals surface area contributed by atoms with Gasteiger partial charge in [0.05, 0.1) is 22.0 Å². The first-order valence-corrected chi connectivity index (χ1v) is 7.58. The van der Waals surface area contributed by atoms with Crippen molar-refractivity contribution in [1.82, 2.24) is 5.32 Å². The number of nitrogens with one attached hydrogen (secondary N) is 1. The summed E-state index contributed by atoms with van der Waals surface area (Å²) < 4.78 is 0. The molecule has 0 unspecified atom stereocenters. The fraction of sp³-hybridized carbons (Fsp3) is 0.250. The Morgan fingerprint density at radius 3 is 2.91 bits per heavy atom. The SMILES string of the molecule is CNC(=O)C[C@](C)(N)c1scc(-c2cccc(C#N)c2)c1O. The number of carbonyl (C=O) groups is 1. The van der Waals surface area contributed by atoms with Crippen molar-refractivity contribution in [3.8, 4) is 22.9 Å². The molecule has 4 N–H and O–H groups in total. The maximum Gasteiger partial charge on any atom is 0.221 e. The molecule has 0 aliphatic rings. The Bertz CT molecular complexity index is 744. The molecule has 0 bridgehead atoms. The molecule has 1 atom stereocenters.